The molecule has 39 nitrogen and oxygen atoms in total. The summed E-state index contributed by atoms with van der Waals surface area (Å²) in [5.74, 6) is -25.5. The standard InChI is InChI=1S/C76H133N15O24/c1-16-38(6)32-39(7)33-40(8)60(98)44(12)65(102)82-47(21-19-28-77)66(103)81-46(24-27-55(94)95)61(99)62(100)73(110)87-57(42(10)43(11)64(80)101)70(107)89-59-63(41(9)37(4)5)115-76(113)53-23-17-18-30-91(53)75(112)50(34-56(96)97)85-71(108)58(45(13)114-15)88-69(106)52(25-26-54(79)93)90(14)74(111)49(31-36(2)3)84-67(104)48(22-20-29-78)83-68(105)51(35-92)86-72(59)109/h36-53,57-63,92,98-100H,16-35,77-78H2,1-15H3,(H2,79,93)(H2,80,101)(H,81,103)(H,82,102)(H,83,105)(H,84,104)(H,85,108)(H,86,109)(H,87,110)(H,88,106)(H,89,107)(H,94,95)(H,96,97)/t38-,39-,40-,41-,42+,43-,44-,45-,46+,47-,48-,49+,50-,51-,52+,53+,57+,58+,59-,60-,61-,62-,63-/m1/s1. The van der Waals surface area contributed by atoms with Crippen molar-refractivity contribution >= 4 is 94.7 Å². The number of primary amides is 2. The molecule has 2 aliphatic rings. The van der Waals surface area contributed by atoms with Gasteiger partial charge in [0.15, 0.2) is 6.10 Å². The van der Waals surface area contributed by atoms with Gasteiger partial charge in [-0.3, -0.25) is 71.9 Å². The van der Waals surface area contributed by atoms with Crippen LogP contribution in [0.5, 0.6) is 0 Å². The number of hydrogen-bond acceptors (Lipinski definition) is 24. The predicted octanol–water partition coefficient (Wildman–Crippen LogP) is -3.49. The number of carboxylic acids is 2. The number of ether oxygens (including phenoxy) is 2. The number of nitrogens with zero attached hydrogens (tertiary/aromatic N) is 2. The first-order valence-corrected chi connectivity index (χ1v) is 39.9. The number of nitrogens with two attached hydrogens (primary N) is 4. The highest BCUT2D eigenvalue weighted by Gasteiger charge is 2.48. The molecule has 23 atom stereocenters. The smallest absolute Gasteiger partial charge is 0.329 e. The molecule has 115 heavy (non-hydrogen) atoms. The van der Waals surface area contributed by atoms with Crippen molar-refractivity contribution in [2.24, 2.45) is 76.2 Å². The molecule has 0 aromatic heterocycles. The van der Waals surface area contributed by atoms with E-state index in [9.17, 15) is 88.2 Å². The molecular weight excluding hydrogens is 1510 g/mol. The molecule has 2 rings (SSSR count). The molecular formula is C76H133N15O24. The van der Waals surface area contributed by atoms with Gasteiger partial charge in [0.05, 0.1) is 37.2 Å². The van der Waals surface area contributed by atoms with E-state index >= 15 is 19.2 Å². The number of carbonyl (C=O) groups is 16. The zero-order chi connectivity index (χ0) is 87.7. The summed E-state index contributed by atoms with van der Waals surface area (Å²) in [7, 11) is 2.31. The molecule has 0 spiro atoms. The highest BCUT2D eigenvalue weighted by molar-refractivity contribution is 6.00. The summed E-state index contributed by atoms with van der Waals surface area (Å²) in [6.07, 6.45) is -11.2. The van der Waals surface area contributed by atoms with E-state index in [4.69, 9.17) is 32.4 Å². The fraction of sp³-hybridized carbons (Fsp3) is 0.789. The average molecular weight is 1640 g/mol. The number of methoxy groups -OCH3 is 1. The predicted molar refractivity (Wildman–Crippen MR) is 416 cm³/mol. The Labute approximate surface area is 673 Å². The van der Waals surface area contributed by atoms with Gasteiger partial charge in [-0.2, -0.15) is 0 Å². The van der Waals surface area contributed by atoms with Crippen LogP contribution in [0.15, 0.2) is 0 Å². The highest BCUT2D eigenvalue weighted by Crippen LogP contribution is 2.29. The van der Waals surface area contributed by atoms with Crippen molar-refractivity contribution in [3.63, 3.8) is 0 Å². The van der Waals surface area contributed by atoms with Crippen LogP contribution >= 0.6 is 0 Å². The van der Waals surface area contributed by atoms with Crippen LogP contribution in [-0.4, -0.2) is 273 Å². The Kier molecular flexibility index (Phi) is 44.5. The number of piperidine rings is 1. The fourth-order valence-corrected chi connectivity index (χ4v) is 13.9. The summed E-state index contributed by atoms with van der Waals surface area (Å²) in [6, 6.07) is -20.3. The third kappa shape index (κ3) is 32.3. The normalized spacial score (nSPS) is 24.5. The number of fused-ring (bicyclic) bond motifs is 1. The number of hydrogen-bond donors (Lipinski definition) is 19. The molecule has 656 valence electrons. The molecule has 23 N–H and O–H groups in total. The number of aliphatic carboxylic acids is 2. The molecule has 2 fully saturated rings. The van der Waals surface area contributed by atoms with Crippen LogP contribution in [0.4, 0.5) is 0 Å². The van der Waals surface area contributed by atoms with Crippen molar-refractivity contribution in [1.29, 1.82) is 0 Å². The largest absolute Gasteiger partial charge is 0.481 e. The third-order valence-electron chi connectivity index (χ3n) is 21.9. The van der Waals surface area contributed by atoms with Gasteiger partial charge in [-0.15, -0.1) is 0 Å². The summed E-state index contributed by atoms with van der Waals surface area (Å²) < 4.78 is 11.7. The summed E-state index contributed by atoms with van der Waals surface area (Å²) in [6.45, 7) is 19.6. The number of nitrogens with one attached hydrogen (secondary N) is 9. The SMILES string of the molecule is CC[C@@H](C)C[C@@H](C)C[C@@H](C)[C@@H](O)[C@@H](C)C(=O)N[C@H](CCCN)C(=O)N[C@@H](CCC(=O)O)[C@@H](O)[C@@H](O)C(=O)N[C@H](C(=O)N[C@H]1C(=O)N[C@H](CO)C(=O)N[C@H](CCCN)C(=O)N[C@@H](CC(C)C)C(=O)N(C)[C@@H](CCC(N)=O)C(=O)N[C@@H]([C@@H](C)OC)C(=O)N[C@H](CC(=O)O)C(=O)N2CCCC[C@H]2C(=O)O[C@@H]1[C@H](C)C(C)C)[C@@H](C)[C@@H](C)C(N)=O. The zero-order valence-corrected chi connectivity index (χ0v) is 69.3. The van der Waals surface area contributed by atoms with Gasteiger partial charge in [0.1, 0.15) is 72.6 Å². The molecule has 0 radical (unpaired) electrons. The van der Waals surface area contributed by atoms with E-state index < -0.39 is 266 Å². The number of carbonyl (C=O) groups excluding carboxylic acids is 14. The molecule has 0 saturated carbocycles. The molecule has 2 aliphatic heterocycles. The third-order valence-corrected chi connectivity index (χ3v) is 21.9. The fourth-order valence-electron chi connectivity index (χ4n) is 13.9. The molecule has 2 heterocycles. The van der Waals surface area contributed by atoms with Crippen LogP contribution in [0.3, 0.4) is 0 Å². The first kappa shape index (κ1) is 102. The lowest BCUT2D eigenvalue weighted by atomic mass is 9.83. The van der Waals surface area contributed by atoms with E-state index in [0.29, 0.717) is 12.3 Å². The number of esters is 1. The quantitative estimate of drug-likeness (QED) is 0.0264. The van der Waals surface area contributed by atoms with Crippen LogP contribution < -0.4 is 70.8 Å². The minimum absolute atomic E-state index is 0.0130. The lowest BCUT2D eigenvalue weighted by Crippen LogP contribution is -2.65. The first-order valence-electron chi connectivity index (χ1n) is 39.9. The summed E-state index contributed by atoms with van der Waals surface area (Å²) in [5.41, 5.74) is 23.0. The van der Waals surface area contributed by atoms with E-state index in [2.05, 4.69) is 61.7 Å². The maximum absolute atomic E-state index is 15.5. The van der Waals surface area contributed by atoms with Crippen LogP contribution in [-0.2, 0) is 86.2 Å². The van der Waals surface area contributed by atoms with E-state index in [1.54, 1.807) is 34.6 Å². The van der Waals surface area contributed by atoms with Gasteiger partial charge in [-0.1, -0.05) is 89.5 Å². The molecule has 0 bridgehead atoms. The zero-order valence-electron chi connectivity index (χ0n) is 69.3. The molecule has 0 aromatic rings. The van der Waals surface area contributed by atoms with Gasteiger partial charge in [0.25, 0.3) is 5.91 Å². The maximum Gasteiger partial charge on any atom is 0.329 e. The molecule has 0 unspecified atom stereocenters. The lowest BCUT2D eigenvalue weighted by Gasteiger charge is -2.39. The van der Waals surface area contributed by atoms with Gasteiger partial charge in [0, 0.05) is 39.5 Å². The topological polar surface area (TPSA) is 632 Å². The van der Waals surface area contributed by atoms with Crippen molar-refractivity contribution in [2.45, 2.75) is 290 Å². The Hall–Kier alpha value is -8.76. The van der Waals surface area contributed by atoms with Crippen molar-refractivity contribution in [3.05, 3.63) is 0 Å². The number of aliphatic hydroxyl groups is 4. The summed E-state index contributed by atoms with van der Waals surface area (Å²) in [5, 5.41) is 88.2. The minimum Gasteiger partial charge on any atom is -0.481 e. The Morgan fingerprint density at radius 3 is 1.77 bits per heavy atom. The number of aliphatic hydroxyl groups excluding tert-OH is 4. The molecule has 39 heteroatoms. The first-order chi connectivity index (χ1) is 53.7. The van der Waals surface area contributed by atoms with Crippen molar-refractivity contribution in [3.8, 4) is 0 Å². The monoisotopic (exact) mass is 1640 g/mol. The minimum atomic E-state index is -2.73. The van der Waals surface area contributed by atoms with E-state index in [0.717, 1.165) is 36.8 Å². The van der Waals surface area contributed by atoms with Gasteiger partial charge >= 0.3 is 17.9 Å². The van der Waals surface area contributed by atoms with E-state index in [1.165, 1.54) is 34.6 Å². The highest BCUT2D eigenvalue weighted by atomic mass is 16.5. The second kappa shape index (κ2) is 50.0. The Morgan fingerprint density at radius 1 is 0.626 bits per heavy atom. The van der Waals surface area contributed by atoms with Gasteiger partial charge in [-0.25, -0.2) is 4.79 Å². The van der Waals surface area contributed by atoms with E-state index in [1.807, 2.05) is 6.92 Å². The van der Waals surface area contributed by atoms with Crippen LogP contribution in [0.1, 0.15) is 193 Å². The number of carboxylic acid groups (broad SMARTS) is 2. The Balaban J connectivity index is 3.09. The summed E-state index contributed by atoms with van der Waals surface area (Å²) in [4.78, 5) is 230. The Morgan fingerprint density at radius 2 is 1.23 bits per heavy atom. The molecule has 0 aliphatic carbocycles. The molecule has 0 aromatic carbocycles. The average Bonchev–Trinajstić information content (AvgIpc) is 1.06. The van der Waals surface area contributed by atoms with Crippen LogP contribution in [0.2, 0.25) is 0 Å². The second-order valence-electron chi connectivity index (χ2n) is 31.9. The Bertz CT molecular complexity index is 3280. The molecule has 2 saturated heterocycles. The number of rotatable bonds is 41. The lowest BCUT2D eigenvalue weighted by molar-refractivity contribution is -0.168. The number of likely N-dealkylation sites (N-methyl/N-ethyl adjacent to an activating group) is 1. The van der Waals surface area contributed by atoms with E-state index in [-0.39, 0.29) is 82.8 Å². The molecule has 13 amide bonds. The number of amides is 13. The van der Waals surface area contributed by atoms with Gasteiger partial charge in [0.2, 0.25) is 70.9 Å². The van der Waals surface area contributed by atoms with Gasteiger partial charge < -0.3 is 121 Å². The van der Waals surface area contributed by atoms with Crippen LogP contribution in [0.25, 0.3) is 0 Å². The van der Waals surface area contributed by atoms with Gasteiger partial charge in [-0.05, 0) is 138 Å². The van der Waals surface area contributed by atoms with Crippen LogP contribution in [0, 0.1) is 53.3 Å². The summed E-state index contributed by atoms with van der Waals surface area (Å²) >= 11 is 0. The second-order valence-corrected chi connectivity index (χ2v) is 31.9. The van der Waals surface area contributed by atoms with Crippen molar-refractivity contribution < 1.29 is 117 Å². The maximum atomic E-state index is 15.5. The number of cyclic esters (lactones) is 1. The van der Waals surface area contributed by atoms with Crippen molar-refractivity contribution in [1.82, 2.24) is 57.7 Å². The van der Waals surface area contributed by atoms with Crippen molar-refractivity contribution in [2.75, 3.05) is 40.4 Å².